The predicted octanol–water partition coefficient (Wildman–Crippen LogP) is 1.54. The summed E-state index contributed by atoms with van der Waals surface area (Å²) in [5, 5.41) is 8.84. The molecule has 1 heterocycles. The number of carbonyl (C=O) groups is 2. The maximum Gasteiger partial charge on any atom is 0.329 e. The number of aryl methyl sites for hydroxylation is 2. The molecule has 1 amide bonds. The van der Waals surface area contributed by atoms with Gasteiger partial charge in [0.05, 0.1) is 11.0 Å². The van der Waals surface area contributed by atoms with Crippen molar-refractivity contribution < 1.29 is 14.7 Å². The standard InChI is InChI=1S/C17H23N3O4/c1-3-10-19-13-7-5-6-8-14(13)20(17(19)24)11-9-15(21)18(4-2)12-16(22)23/h5-8H,3-4,9-12H2,1-2H3,(H,22,23). The van der Waals surface area contributed by atoms with Gasteiger partial charge in [-0.05, 0) is 25.5 Å². The van der Waals surface area contributed by atoms with Crippen LogP contribution < -0.4 is 5.69 Å². The molecule has 0 bridgehead atoms. The number of nitrogens with zero attached hydrogens (tertiary/aromatic N) is 3. The number of amides is 1. The first-order valence-corrected chi connectivity index (χ1v) is 8.17. The van der Waals surface area contributed by atoms with Crippen LogP contribution in [0.4, 0.5) is 0 Å². The van der Waals surface area contributed by atoms with Crippen molar-refractivity contribution in [3.05, 3.63) is 34.7 Å². The number of aromatic nitrogens is 2. The van der Waals surface area contributed by atoms with Crippen LogP contribution >= 0.6 is 0 Å². The van der Waals surface area contributed by atoms with Crippen molar-refractivity contribution in [1.29, 1.82) is 0 Å². The Hall–Kier alpha value is -2.57. The topological polar surface area (TPSA) is 84.5 Å². The van der Waals surface area contributed by atoms with Gasteiger partial charge < -0.3 is 10.0 Å². The van der Waals surface area contributed by atoms with E-state index in [4.69, 9.17) is 5.11 Å². The van der Waals surface area contributed by atoms with E-state index in [-0.39, 0.29) is 31.1 Å². The molecule has 2 rings (SSSR count). The van der Waals surface area contributed by atoms with Crippen LogP contribution in [-0.2, 0) is 22.7 Å². The van der Waals surface area contributed by atoms with Gasteiger partial charge in [0.1, 0.15) is 6.54 Å². The molecule has 130 valence electrons. The van der Waals surface area contributed by atoms with Gasteiger partial charge in [-0.15, -0.1) is 0 Å². The summed E-state index contributed by atoms with van der Waals surface area (Å²) in [4.78, 5) is 36.9. The molecule has 24 heavy (non-hydrogen) atoms. The van der Waals surface area contributed by atoms with Gasteiger partial charge >= 0.3 is 11.7 Å². The van der Waals surface area contributed by atoms with E-state index in [1.807, 2.05) is 31.2 Å². The highest BCUT2D eigenvalue weighted by Gasteiger charge is 2.17. The first-order valence-electron chi connectivity index (χ1n) is 8.17. The van der Waals surface area contributed by atoms with E-state index >= 15 is 0 Å². The maximum atomic E-state index is 12.6. The van der Waals surface area contributed by atoms with Crippen molar-refractivity contribution in [3.63, 3.8) is 0 Å². The molecule has 2 aromatic rings. The van der Waals surface area contributed by atoms with Gasteiger partial charge in [0, 0.05) is 26.1 Å². The normalized spacial score (nSPS) is 10.9. The zero-order valence-electron chi connectivity index (χ0n) is 14.1. The van der Waals surface area contributed by atoms with Gasteiger partial charge in [-0.25, -0.2) is 4.79 Å². The van der Waals surface area contributed by atoms with Crippen LogP contribution in [0, 0.1) is 0 Å². The molecule has 0 fully saturated rings. The molecule has 1 aromatic heterocycles. The number of benzene rings is 1. The SMILES string of the molecule is CCCn1c(=O)n(CCC(=O)N(CC)CC(=O)O)c2ccccc21. The average molecular weight is 333 g/mol. The third-order valence-corrected chi connectivity index (χ3v) is 3.98. The van der Waals surface area contributed by atoms with E-state index in [1.54, 1.807) is 16.1 Å². The van der Waals surface area contributed by atoms with Crippen LogP contribution in [0.5, 0.6) is 0 Å². The smallest absolute Gasteiger partial charge is 0.329 e. The summed E-state index contributed by atoms with van der Waals surface area (Å²) in [6.45, 7) is 4.62. The van der Waals surface area contributed by atoms with Crippen LogP contribution in [-0.4, -0.2) is 44.1 Å². The Kier molecular flexibility index (Phi) is 5.78. The van der Waals surface area contributed by atoms with E-state index in [0.717, 1.165) is 17.5 Å². The van der Waals surface area contributed by atoms with Crippen LogP contribution in [0.1, 0.15) is 26.7 Å². The second kappa shape index (κ2) is 7.81. The van der Waals surface area contributed by atoms with Gasteiger partial charge in [0.2, 0.25) is 5.91 Å². The fourth-order valence-corrected chi connectivity index (χ4v) is 2.83. The number of fused-ring (bicyclic) bond motifs is 1. The third-order valence-electron chi connectivity index (χ3n) is 3.98. The third kappa shape index (κ3) is 3.67. The molecule has 0 saturated heterocycles. The minimum Gasteiger partial charge on any atom is -0.480 e. The number of aliphatic carboxylic acids is 1. The van der Waals surface area contributed by atoms with E-state index in [1.165, 1.54) is 4.90 Å². The molecule has 1 aromatic carbocycles. The maximum absolute atomic E-state index is 12.6. The van der Waals surface area contributed by atoms with Crippen molar-refractivity contribution in [1.82, 2.24) is 14.0 Å². The van der Waals surface area contributed by atoms with Crippen LogP contribution in [0.3, 0.4) is 0 Å². The fraction of sp³-hybridized carbons (Fsp3) is 0.471. The quantitative estimate of drug-likeness (QED) is 0.794. The molecular weight excluding hydrogens is 310 g/mol. The fourth-order valence-electron chi connectivity index (χ4n) is 2.83. The van der Waals surface area contributed by atoms with E-state index in [9.17, 15) is 14.4 Å². The number of para-hydroxylation sites is 2. The largest absolute Gasteiger partial charge is 0.480 e. The molecule has 7 nitrogen and oxygen atoms in total. The summed E-state index contributed by atoms with van der Waals surface area (Å²) in [6, 6.07) is 7.50. The molecule has 0 spiro atoms. The van der Waals surface area contributed by atoms with Gasteiger partial charge in [0.25, 0.3) is 0 Å². The van der Waals surface area contributed by atoms with Crippen LogP contribution in [0.2, 0.25) is 0 Å². The molecule has 7 heteroatoms. The molecule has 0 unspecified atom stereocenters. The Morgan fingerprint density at radius 1 is 1.08 bits per heavy atom. The molecule has 0 aliphatic carbocycles. The zero-order chi connectivity index (χ0) is 17.7. The number of carboxylic acid groups (broad SMARTS) is 1. The monoisotopic (exact) mass is 333 g/mol. The first-order chi connectivity index (χ1) is 11.5. The zero-order valence-corrected chi connectivity index (χ0v) is 14.1. The lowest BCUT2D eigenvalue weighted by Gasteiger charge is -2.18. The van der Waals surface area contributed by atoms with Crippen molar-refractivity contribution in [3.8, 4) is 0 Å². The molecule has 0 atom stereocenters. The lowest BCUT2D eigenvalue weighted by Crippen LogP contribution is -2.36. The highest BCUT2D eigenvalue weighted by Crippen LogP contribution is 2.14. The van der Waals surface area contributed by atoms with Gasteiger partial charge in [-0.3, -0.25) is 18.7 Å². The van der Waals surface area contributed by atoms with Crippen LogP contribution in [0.25, 0.3) is 11.0 Å². The molecule has 0 aliphatic rings. The minimum atomic E-state index is -1.04. The first kappa shape index (κ1) is 17.8. The summed E-state index contributed by atoms with van der Waals surface area (Å²) >= 11 is 0. The number of imidazole rings is 1. The lowest BCUT2D eigenvalue weighted by molar-refractivity contribution is -0.144. The number of hydrogen-bond acceptors (Lipinski definition) is 3. The van der Waals surface area contributed by atoms with Gasteiger partial charge in [-0.2, -0.15) is 0 Å². The summed E-state index contributed by atoms with van der Waals surface area (Å²) in [5.74, 6) is -1.30. The second-order valence-corrected chi connectivity index (χ2v) is 5.63. The predicted molar refractivity (Wildman–Crippen MR) is 91.0 cm³/mol. The van der Waals surface area contributed by atoms with Crippen molar-refractivity contribution >= 4 is 22.9 Å². The summed E-state index contributed by atoms with van der Waals surface area (Å²) in [6.07, 6.45) is 0.941. The summed E-state index contributed by atoms with van der Waals surface area (Å²) in [5.41, 5.74) is 1.52. The Morgan fingerprint density at radius 2 is 1.67 bits per heavy atom. The molecule has 0 saturated carbocycles. The Bertz CT molecular complexity index is 791. The van der Waals surface area contributed by atoms with Crippen LogP contribution in [0.15, 0.2) is 29.1 Å². The average Bonchev–Trinajstić information content (AvgIpc) is 2.83. The molecular formula is C17H23N3O4. The highest BCUT2D eigenvalue weighted by atomic mass is 16.4. The number of likely N-dealkylation sites (N-methyl/N-ethyl adjacent to an activating group) is 1. The number of hydrogen-bond donors (Lipinski definition) is 1. The number of carboxylic acids is 1. The van der Waals surface area contributed by atoms with E-state index < -0.39 is 5.97 Å². The Labute approximate surface area is 140 Å². The molecule has 0 aliphatic heterocycles. The highest BCUT2D eigenvalue weighted by molar-refractivity contribution is 5.81. The summed E-state index contributed by atoms with van der Waals surface area (Å²) < 4.78 is 3.31. The summed E-state index contributed by atoms with van der Waals surface area (Å²) in [7, 11) is 0. The van der Waals surface area contributed by atoms with Crippen molar-refractivity contribution in [2.75, 3.05) is 13.1 Å². The van der Waals surface area contributed by atoms with Gasteiger partial charge in [0.15, 0.2) is 0 Å². The van der Waals surface area contributed by atoms with Crippen molar-refractivity contribution in [2.24, 2.45) is 0 Å². The molecule has 1 N–H and O–H groups in total. The minimum absolute atomic E-state index is 0.0984. The Balaban J connectivity index is 2.24. The van der Waals surface area contributed by atoms with Crippen molar-refractivity contribution in [2.45, 2.75) is 39.8 Å². The number of carbonyl (C=O) groups excluding carboxylic acids is 1. The number of rotatable bonds is 8. The van der Waals surface area contributed by atoms with E-state index in [0.29, 0.717) is 13.1 Å². The lowest BCUT2D eigenvalue weighted by atomic mass is 10.3. The van der Waals surface area contributed by atoms with Gasteiger partial charge in [-0.1, -0.05) is 19.1 Å². The Morgan fingerprint density at radius 3 is 2.17 bits per heavy atom. The molecule has 0 radical (unpaired) electrons. The van der Waals surface area contributed by atoms with E-state index in [2.05, 4.69) is 0 Å². The second-order valence-electron chi connectivity index (χ2n) is 5.63.